The van der Waals surface area contributed by atoms with Crippen molar-refractivity contribution in [2.45, 2.75) is 17.7 Å². The molecule has 0 saturated heterocycles. The van der Waals surface area contributed by atoms with Crippen LogP contribution in [0.15, 0.2) is 36.7 Å². The molecule has 0 spiro atoms. The number of nitrogens with zero attached hydrogens (tertiary/aromatic N) is 4. The van der Waals surface area contributed by atoms with E-state index in [4.69, 9.17) is 9.72 Å². The van der Waals surface area contributed by atoms with Crippen LogP contribution in [0.2, 0.25) is 0 Å². The van der Waals surface area contributed by atoms with Gasteiger partial charge in [0.25, 0.3) is 5.88 Å². The number of benzene rings is 1. The fourth-order valence-corrected chi connectivity index (χ4v) is 3.54. The lowest BCUT2D eigenvalue weighted by atomic mass is 9.97. The zero-order valence-electron chi connectivity index (χ0n) is 16.8. The van der Waals surface area contributed by atoms with Crippen molar-refractivity contribution in [3.8, 4) is 5.88 Å². The second-order valence-corrected chi connectivity index (χ2v) is 8.34. The summed E-state index contributed by atoms with van der Waals surface area (Å²) >= 11 is 3.30. The molecule has 1 aliphatic rings. The van der Waals surface area contributed by atoms with E-state index in [1.807, 2.05) is 31.3 Å². The van der Waals surface area contributed by atoms with Crippen LogP contribution < -0.4 is 20.7 Å². The van der Waals surface area contributed by atoms with Crippen molar-refractivity contribution in [3.63, 3.8) is 0 Å². The lowest BCUT2D eigenvalue weighted by molar-refractivity contribution is -0.115. The molecule has 156 valence electrons. The number of ether oxygens (including phenoxy) is 1. The van der Waals surface area contributed by atoms with E-state index in [9.17, 15) is 4.79 Å². The van der Waals surface area contributed by atoms with Crippen LogP contribution >= 0.6 is 15.9 Å². The summed E-state index contributed by atoms with van der Waals surface area (Å²) in [4.78, 5) is 20.9. The van der Waals surface area contributed by atoms with E-state index < -0.39 is 0 Å². The number of para-hydroxylation sites is 1. The Morgan fingerprint density at radius 2 is 2.20 bits per heavy atom. The number of methoxy groups -OCH3 is 1. The van der Waals surface area contributed by atoms with Crippen molar-refractivity contribution in [3.05, 3.63) is 47.9 Å². The highest BCUT2D eigenvalue weighted by Gasteiger charge is 2.28. The fraction of sp³-hybridized carbons (Fsp3) is 0.300. The summed E-state index contributed by atoms with van der Waals surface area (Å²) in [6.45, 7) is 2.47. The van der Waals surface area contributed by atoms with Crippen LogP contribution in [0.3, 0.4) is 0 Å². The normalized spacial score (nSPS) is 15.8. The van der Waals surface area contributed by atoms with Gasteiger partial charge in [-0.1, -0.05) is 28.1 Å². The van der Waals surface area contributed by atoms with Gasteiger partial charge in [0, 0.05) is 25.7 Å². The van der Waals surface area contributed by atoms with Crippen LogP contribution in [0.1, 0.15) is 24.1 Å². The molecule has 30 heavy (non-hydrogen) atoms. The average molecular weight is 472 g/mol. The Hall–Kier alpha value is -3.14. The number of rotatable bonds is 6. The molecule has 4 rings (SSSR count). The zero-order valence-corrected chi connectivity index (χ0v) is 18.4. The molecule has 1 amide bonds. The van der Waals surface area contributed by atoms with E-state index in [0.29, 0.717) is 24.1 Å². The fourth-order valence-electron chi connectivity index (χ4n) is 3.42. The van der Waals surface area contributed by atoms with Crippen molar-refractivity contribution < 1.29 is 9.53 Å². The molecular weight excluding hydrogens is 450 g/mol. The smallest absolute Gasteiger partial charge is 0.256 e. The summed E-state index contributed by atoms with van der Waals surface area (Å²) in [6.07, 6.45) is 3.53. The molecule has 1 aliphatic heterocycles. The number of anilines is 4. The number of carbonyl (C=O) groups excluding carboxylic acids is 1. The summed E-state index contributed by atoms with van der Waals surface area (Å²) in [7, 11) is 3.39. The highest BCUT2D eigenvalue weighted by molar-refractivity contribution is 9.10. The third kappa shape index (κ3) is 3.95. The Balaban J connectivity index is 1.60. The van der Waals surface area contributed by atoms with Gasteiger partial charge in [-0.25, -0.2) is 9.97 Å². The van der Waals surface area contributed by atoms with Gasteiger partial charge in [-0.2, -0.15) is 0 Å². The summed E-state index contributed by atoms with van der Waals surface area (Å²) in [6, 6.07) is 7.78. The van der Waals surface area contributed by atoms with Crippen LogP contribution in [-0.4, -0.2) is 44.1 Å². The largest absolute Gasteiger partial charge is 0.478 e. The van der Waals surface area contributed by atoms with Gasteiger partial charge in [0.05, 0.1) is 35.2 Å². The molecule has 1 aromatic carbocycles. The number of hydrogen-bond donors (Lipinski definition) is 3. The quantitative estimate of drug-likeness (QED) is 0.473. The maximum absolute atomic E-state index is 12.1. The summed E-state index contributed by atoms with van der Waals surface area (Å²) < 4.78 is 6.94. The minimum absolute atomic E-state index is 0.0394. The van der Waals surface area contributed by atoms with Gasteiger partial charge in [0.2, 0.25) is 11.9 Å². The van der Waals surface area contributed by atoms with Crippen LogP contribution in [0.4, 0.5) is 23.0 Å². The molecule has 0 aliphatic carbocycles. The van der Waals surface area contributed by atoms with Crippen molar-refractivity contribution >= 4 is 44.8 Å². The van der Waals surface area contributed by atoms with E-state index >= 15 is 0 Å². The van der Waals surface area contributed by atoms with E-state index in [2.05, 4.69) is 42.0 Å². The first kappa shape index (κ1) is 20.1. The molecule has 3 aromatic rings. The minimum atomic E-state index is -0.273. The van der Waals surface area contributed by atoms with Gasteiger partial charge < -0.3 is 20.7 Å². The van der Waals surface area contributed by atoms with Crippen molar-refractivity contribution in [1.82, 2.24) is 19.7 Å². The van der Waals surface area contributed by atoms with Crippen LogP contribution in [0.25, 0.3) is 0 Å². The molecule has 9 nitrogen and oxygen atoms in total. The Morgan fingerprint density at radius 3 is 2.97 bits per heavy atom. The number of nitrogens with one attached hydrogen (secondary N) is 3. The van der Waals surface area contributed by atoms with Gasteiger partial charge in [-0.3, -0.25) is 9.48 Å². The molecule has 2 atom stereocenters. The summed E-state index contributed by atoms with van der Waals surface area (Å²) in [5, 5.41) is 13.8. The van der Waals surface area contributed by atoms with E-state index in [0.717, 1.165) is 22.6 Å². The highest BCUT2D eigenvalue weighted by Crippen LogP contribution is 2.40. The molecule has 2 unspecified atom stereocenters. The van der Waals surface area contributed by atoms with Crippen LogP contribution in [0.5, 0.6) is 5.88 Å². The van der Waals surface area contributed by atoms with Crippen LogP contribution in [-0.2, 0) is 11.8 Å². The maximum Gasteiger partial charge on any atom is 0.256 e. The molecule has 10 heteroatoms. The second-order valence-electron chi connectivity index (χ2n) is 6.96. The lowest BCUT2D eigenvalue weighted by Gasteiger charge is -2.13. The van der Waals surface area contributed by atoms with Gasteiger partial charge in [-0.05, 0) is 24.6 Å². The Kier molecular flexibility index (Phi) is 5.58. The SMILES string of the molecule is COc1nn(C)cc1Nc1nccc(C2CNc3c(NC(=O)C(C)Br)cccc32)n1. The first-order valence-electron chi connectivity index (χ1n) is 9.45. The first-order chi connectivity index (χ1) is 14.5. The molecule has 3 N–H and O–H groups in total. The number of fused-ring (bicyclic) bond motifs is 1. The number of aromatic nitrogens is 4. The topological polar surface area (TPSA) is 106 Å². The molecule has 2 aromatic heterocycles. The molecule has 0 saturated carbocycles. The number of carbonyl (C=O) groups is 1. The van der Waals surface area contributed by atoms with E-state index in [1.165, 1.54) is 0 Å². The summed E-state index contributed by atoms with van der Waals surface area (Å²) in [5.74, 6) is 0.885. The van der Waals surface area contributed by atoms with E-state index in [1.54, 1.807) is 31.1 Å². The number of halogens is 1. The lowest BCUT2D eigenvalue weighted by Crippen LogP contribution is -2.20. The number of amides is 1. The maximum atomic E-state index is 12.1. The van der Waals surface area contributed by atoms with Gasteiger partial charge in [-0.15, -0.1) is 5.10 Å². The molecule has 0 bridgehead atoms. The van der Waals surface area contributed by atoms with E-state index in [-0.39, 0.29) is 16.7 Å². The standard InChI is InChI=1S/C20H22BrN7O2/c1-11(21)18(29)24-15-6-4-5-12-13(9-23-17(12)15)14-7-8-22-20(25-14)26-16-10-28(2)27-19(16)30-3/h4-8,10-11,13,23H,9H2,1-3H3,(H,24,29)(H,22,25,26). The average Bonchev–Trinajstić information content (AvgIpc) is 3.31. The number of hydrogen-bond acceptors (Lipinski definition) is 7. The monoisotopic (exact) mass is 471 g/mol. The predicted octanol–water partition coefficient (Wildman–Crippen LogP) is 3.24. The first-order valence-corrected chi connectivity index (χ1v) is 10.4. The highest BCUT2D eigenvalue weighted by atomic mass is 79.9. The molecular formula is C20H22BrN7O2. The molecule has 3 heterocycles. The Labute approximate surface area is 182 Å². The van der Waals surface area contributed by atoms with Gasteiger partial charge in [0.1, 0.15) is 5.69 Å². The number of alkyl halides is 1. The summed E-state index contributed by atoms with van der Waals surface area (Å²) in [5.41, 5.74) is 4.33. The van der Waals surface area contributed by atoms with Crippen molar-refractivity contribution in [2.75, 3.05) is 29.6 Å². The molecule has 0 fully saturated rings. The van der Waals surface area contributed by atoms with Crippen LogP contribution in [0, 0.1) is 0 Å². The zero-order chi connectivity index (χ0) is 21.3. The predicted molar refractivity (Wildman–Crippen MR) is 119 cm³/mol. The third-order valence-electron chi connectivity index (χ3n) is 4.84. The Bertz CT molecular complexity index is 1080. The minimum Gasteiger partial charge on any atom is -0.478 e. The number of aryl methyl sites for hydroxylation is 1. The van der Waals surface area contributed by atoms with Gasteiger partial charge in [0.15, 0.2) is 0 Å². The van der Waals surface area contributed by atoms with Crippen molar-refractivity contribution in [2.24, 2.45) is 7.05 Å². The van der Waals surface area contributed by atoms with Gasteiger partial charge >= 0.3 is 0 Å². The second kappa shape index (κ2) is 8.31. The Morgan fingerprint density at radius 1 is 1.37 bits per heavy atom. The van der Waals surface area contributed by atoms with Crippen molar-refractivity contribution in [1.29, 1.82) is 0 Å². The third-order valence-corrected chi connectivity index (χ3v) is 5.26. The molecule has 0 radical (unpaired) electrons.